The monoisotopic (exact) mass is 260 g/mol. The summed E-state index contributed by atoms with van der Waals surface area (Å²) in [6, 6.07) is 7.04. The van der Waals surface area contributed by atoms with Gasteiger partial charge >= 0.3 is 0 Å². The van der Waals surface area contributed by atoms with Gasteiger partial charge in [0.15, 0.2) is 0 Å². The molecule has 1 N–H and O–H groups in total. The van der Waals surface area contributed by atoms with E-state index in [9.17, 15) is 4.79 Å². The fraction of sp³-hybridized carbons (Fsp3) is 0.467. The lowest BCUT2D eigenvalue weighted by Crippen LogP contribution is -2.19. The van der Waals surface area contributed by atoms with E-state index in [1.165, 1.54) is 32.1 Å². The highest BCUT2D eigenvalue weighted by Crippen LogP contribution is 2.21. The summed E-state index contributed by atoms with van der Waals surface area (Å²) in [5.74, 6) is 0.981. The Labute approximate surface area is 113 Å². The number of carbonyl (C=O) groups excluding carboxylic acids is 1. The minimum absolute atomic E-state index is 0.203. The molecule has 0 aromatic heterocycles. The molecule has 4 nitrogen and oxygen atoms in total. The van der Waals surface area contributed by atoms with Gasteiger partial charge in [-0.2, -0.15) is 5.10 Å². The third-order valence-corrected chi connectivity index (χ3v) is 3.43. The number of methoxy groups -OCH3 is 1. The molecule has 1 aromatic carbocycles. The van der Waals surface area contributed by atoms with Crippen molar-refractivity contribution in [3.05, 3.63) is 29.8 Å². The number of carbonyl (C=O) groups is 1. The Morgan fingerprint density at radius 3 is 2.89 bits per heavy atom. The van der Waals surface area contributed by atoms with Crippen LogP contribution >= 0.6 is 0 Å². The van der Waals surface area contributed by atoms with Gasteiger partial charge in [-0.1, -0.05) is 25.3 Å². The van der Waals surface area contributed by atoms with E-state index in [-0.39, 0.29) is 5.91 Å². The maximum atomic E-state index is 11.9. The maximum Gasteiger partial charge on any atom is 0.271 e. The molecule has 1 aliphatic carbocycles. The lowest BCUT2D eigenvalue weighted by atomic mass is 9.90. The molecular weight excluding hydrogens is 240 g/mol. The highest BCUT2D eigenvalue weighted by atomic mass is 16.5. The zero-order chi connectivity index (χ0) is 13.5. The van der Waals surface area contributed by atoms with E-state index in [0.29, 0.717) is 17.2 Å². The predicted molar refractivity (Wildman–Crippen MR) is 75.5 cm³/mol. The molecule has 1 fully saturated rings. The molecular formula is C15H20N2O2. The number of hydrogen-bond acceptors (Lipinski definition) is 3. The van der Waals surface area contributed by atoms with Crippen LogP contribution < -0.4 is 10.2 Å². The van der Waals surface area contributed by atoms with Crippen LogP contribution in [0.5, 0.6) is 5.75 Å². The van der Waals surface area contributed by atoms with Crippen molar-refractivity contribution in [1.82, 2.24) is 5.43 Å². The van der Waals surface area contributed by atoms with Crippen molar-refractivity contribution in [2.45, 2.75) is 32.1 Å². The molecule has 0 aliphatic heterocycles. The summed E-state index contributed by atoms with van der Waals surface area (Å²) in [4.78, 5) is 11.9. The van der Waals surface area contributed by atoms with Crippen molar-refractivity contribution in [2.75, 3.05) is 7.11 Å². The van der Waals surface area contributed by atoms with E-state index in [1.807, 2.05) is 12.3 Å². The topological polar surface area (TPSA) is 50.7 Å². The number of hydrazone groups is 1. The van der Waals surface area contributed by atoms with E-state index in [2.05, 4.69) is 10.5 Å². The van der Waals surface area contributed by atoms with Crippen molar-refractivity contribution in [3.8, 4) is 5.75 Å². The number of hydrogen-bond donors (Lipinski definition) is 1. The average Bonchev–Trinajstić information content (AvgIpc) is 2.48. The van der Waals surface area contributed by atoms with Gasteiger partial charge in [0.1, 0.15) is 5.75 Å². The summed E-state index contributed by atoms with van der Waals surface area (Å²) >= 11 is 0. The second-order valence-electron chi connectivity index (χ2n) is 4.85. The van der Waals surface area contributed by atoms with Gasteiger partial charge in [-0.05, 0) is 37.0 Å². The molecule has 0 unspecified atom stereocenters. The molecule has 0 heterocycles. The number of nitrogens with one attached hydrogen (secondary N) is 1. The predicted octanol–water partition coefficient (Wildman–Crippen LogP) is 2.99. The molecule has 1 aromatic rings. The van der Waals surface area contributed by atoms with E-state index < -0.39 is 0 Å². The summed E-state index contributed by atoms with van der Waals surface area (Å²) in [7, 11) is 1.58. The molecule has 0 atom stereocenters. The number of ether oxygens (including phenoxy) is 1. The van der Waals surface area contributed by atoms with Crippen molar-refractivity contribution in [2.24, 2.45) is 11.0 Å². The van der Waals surface area contributed by atoms with Crippen LogP contribution in [0, 0.1) is 5.92 Å². The fourth-order valence-electron chi connectivity index (χ4n) is 2.31. The Balaban J connectivity index is 1.87. The van der Waals surface area contributed by atoms with Crippen LogP contribution in [0.4, 0.5) is 0 Å². The van der Waals surface area contributed by atoms with Gasteiger partial charge < -0.3 is 4.74 Å². The van der Waals surface area contributed by atoms with E-state index in [0.717, 1.165) is 0 Å². The van der Waals surface area contributed by atoms with Crippen LogP contribution in [0.15, 0.2) is 29.4 Å². The van der Waals surface area contributed by atoms with E-state index in [4.69, 9.17) is 4.74 Å². The van der Waals surface area contributed by atoms with Crippen LogP contribution in [0.2, 0.25) is 0 Å². The molecule has 1 amide bonds. The normalized spacial score (nSPS) is 16.5. The molecule has 19 heavy (non-hydrogen) atoms. The highest BCUT2D eigenvalue weighted by molar-refractivity contribution is 5.94. The Bertz CT molecular complexity index is 451. The first-order valence-electron chi connectivity index (χ1n) is 6.77. The number of amides is 1. The van der Waals surface area contributed by atoms with Gasteiger partial charge in [0.25, 0.3) is 5.91 Å². The second-order valence-corrected chi connectivity index (χ2v) is 4.85. The van der Waals surface area contributed by atoms with Crippen LogP contribution in [0.1, 0.15) is 42.5 Å². The molecule has 102 valence electrons. The lowest BCUT2D eigenvalue weighted by Gasteiger charge is -2.16. The molecule has 0 spiro atoms. The third-order valence-electron chi connectivity index (χ3n) is 3.43. The molecule has 1 saturated carbocycles. The Kier molecular flexibility index (Phi) is 4.95. The first kappa shape index (κ1) is 13.6. The van der Waals surface area contributed by atoms with Crippen molar-refractivity contribution < 1.29 is 9.53 Å². The van der Waals surface area contributed by atoms with Gasteiger partial charge in [0, 0.05) is 11.8 Å². The smallest absolute Gasteiger partial charge is 0.271 e. The van der Waals surface area contributed by atoms with Crippen LogP contribution in [0.25, 0.3) is 0 Å². The van der Waals surface area contributed by atoms with Crippen LogP contribution in [-0.2, 0) is 0 Å². The molecule has 0 radical (unpaired) electrons. The summed E-state index contributed by atoms with van der Waals surface area (Å²) in [5, 5.41) is 4.06. The zero-order valence-electron chi connectivity index (χ0n) is 11.3. The fourth-order valence-corrected chi connectivity index (χ4v) is 2.31. The summed E-state index contributed by atoms with van der Waals surface area (Å²) < 4.78 is 5.09. The van der Waals surface area contributed by atoms with Gasteiger partial charge in [-0.25, -0.2) is 5.43 Å². The minimum atomic E-state index is -0.203. The summed E-state index contributed by atoms with van der Waals surface area (Å²) in [6.07, 6.45) is 8.08. The molecule has 1 aliphatic rings. The van der Waals surface area contributed by atoms with Gasteiger partial charge in [-0.3, -0.25) is 4.79 Å². The Morgan fingerprint density at radius 1 is 1.37 bits per heavy atom. The number of benzene rings is 1. The molecule has 0 saturated heterocycles. The molecule has 0 bridgehead atoms. The zero-order valence-corrected chi connectivity index (χ0v) is 11.3. The van der Waals surface area contributed by atoms with Crippen LogP contribution in [0.3, 0.4) is 0 Å². The molecule has 2 rings (SSSR count). The lowest BCUT2D eigenvalue weighted by molar-refractivity contribution is 0.0954. The molecule has 4 heteroatoms. The van der Waals surface area contributed by atoms with Gasteiger partial charge in [0.05, 0.1) is 7.11 Å². The standard InChI is InChI=1S/C15H20N2O2/c1-19-14-9-5-8-13(10-14)15(18)17-16-11-12-6-3-2-4-7-12/h5,8-12H,2-4,6-7H2,1H3,(H,17,18)/b16-11+. The average molecular weight is 260 g/mol. The maximum absolute atomic E-state index is 11.9. The summed E-state index contributed by atoms with van der Waals surface area (Å²) in [5.41, 5.74) is 3.13. The van der Waals surface area contributed by atoms with Gasteiger partial charge in [0.2, 0.25) is 0 Å². The van der Waals surface area contributed by atoms with Crippen molar-refractivity contribution >= 4 is 12.1 Å². The Morgan fingerprint density at radius 2 is 2.16 bits per heavy atom. The van der Waals surface area contributed by atoms with Crippen LogP contribution in [-0.4, -0.2) is 19.2 Å². The first-order chi connectivity index (χ1) is 9.29. The third kappa shape index (κ3) is 4.09. The number of nitrogens with zero attached hydrogens (tertiary/aromatic N) is 1. The van der Waals surface area contributed by atoms with Gasteiger partial charge in [-0.15, -0.1) is 0 Å². The van der Waals surface area contributed by atoms with Crippen molar-refractivity contribution in [1.29, 1.82) is 0 Å². The Hall–Kier alpha value is -1.84. The second kappa shape index (κ2) is 6.92. The van der Waals surface area contributed by atoms with E-state index in [1.54, 1.807) is 25.3 Å². The largest absolute Gasteiger partial charge is 0.497 e. The summed E-state index contributed by atoms with van der Waals surface area (Å²) in [6.45, 7) is 0. The first-order valence-corrected chi connectivity index (χ1v) is 6.77. The quantitative estimate of drug-likeness (QED) is 0.668. The van der Waals surface area contributed by atoms with Crippen molar-refractivity contribution in [3.63, 3.8) is 0 Å². The van der Waals surface area contributed by atoms with E-state index >= 15 is 0 Å². The minimum Gasteiger partial charge on any atom is -0.497 e. The SMILES string of the molecule is COc1cccc(C(=O)N/N=C/C2CCCCC2)c1. The number of rotatable bonds is 4. The highest BCUT2D eigenvalue weighted by Gasteiger charge is 2.11.